The van der Waals surface area contributed by atoms with E-state index in [-0.39, 0.29) is 11.3 Å². The molecule has 0 fully saturated rings. The second-order valence-corrected chi connectivity index (χ2v) is 7.71. The fourth-order valence-corrected chi connectivity index (χ4v) is 3.19. The van der Waals surface area contributed by atoms with E-state index in [1.165, 1.54) is 5.56 Å². The summed E-state index contributed by atoms with van der Waals surface area (Å²) >= 11 is 0. The fraction of sp³-hybridized carbons (Fsp3) is 0.200. The van der Waals surface area contributed by atoms with Crippen LogP contribution in [0, 0.1) is 0 Å². The van der Waals surface area contributed by atoms with E-state index >= 15 is 0 Å². The Morgan fingerprint density at radius 1 is 0.867 bits per heavy atom. The van der Waals surface area contributed by atoms with Crippen LogP contribution < -0.4 is 15.8 Å². The third kappa shape index (κ3) is 4.87. The number of primary amides is 1. The number of rotatable bonds is 7. The number of anilines is 1. The Balaban J connectivity index is 1.63. The summed E-state index contributed by atoms with van der Waals surface area (Å²) in [4.78, 5) is 23.5. The van der Waals surface area contributed by atoms with Crippen LogP contribution in [-0.4, -0.2) is 17.9 Å². The minimum atomic E-state index is -0.686. The Bertz CT molecular complexity index is 1010. The average molecular weight is 402 g/mol. The van der Waals surface area contributed by atoms with Crippen LogP contribution in [0.4, 0.5) is 5.69 Å². The molecule has 5 nitrogen and oxygen atoms in total. The summed E-state index contributed by atoms with van der Waals surface area (Å²) in [6, 6.07) is 24.5. The lowest BCUT2D eigenvalue weighted by Crippen LogP contribution is -2.30. The van der Waals surface area contributed by atoms with Crippen LogP contribution in [-0.2, 0) is 10.2 Å². The molecule has 154 valence electrons. The van der Waals surface area contributed by atoms with Crippen LogP contribution in [0.15, 0.2) is 78.9 Å². The zero-order valence-electron chi connectivity index (χ0n) is 17.4. The Morgan fingerprint density at radius 2 is 1.43 bits per heavy atom. The van der Waals surface area contributed by atoms with Gasteiger partial charge in [-0.2, -0.15) is 0 Å². The first-order valence-corrected chi connectivity index (χ1v) is 9.81. The summed E-state index contributed by atoms with van der Waals surface area (Å²) in [6.07, 6.45) is -0.686. The summed E-state index contributed by atoms with van der Waals surface area (Å²) in [5.41, 5.74) is 8.43. The molecule has 0 aliphatic heterocycles. The second-order valence-electron chi connectivity index (χ2n) is 7.71. The Morgan fingerprint density at radius 3 is 2.00 bits per heavy atom. The van der Waals surface area contributed by atoms with Crippen molar-refractivity contribution in [1.82, 2.24) is 0 Å². The SMILES string of the molecule is C[C@H](Oc1ccc(C(C)(C)c2ccccc2)cc1)C(=O)Nc1ccc(C(N)=O)cc1. The molecule has 0 aromatic heterocycles. The maximum atomic E-state index is 12.4. The third-order valence-electron chi connectivity index (χ3n) is 5.19. The number of carbonyl (C=O) groups is 2. The molecule has 1 atom stereocenters. The molecule has 0 heterocycles. The van der Waals surface area contributed by atoms with Crippen LogP contribution in [0.5, 0.6) is 5.75 Å². The smallest absolute Gasteiger partial charge is 0.265 e. The topological polar surface area (TPSA) is 81.4 Å². The highest BCUT2D eigenvalue weighted by atomic mass is 16.5. The van der Waals surface area contributed by atoms with Crippen molar-refractivity contribution >= 4 is 17.5 Å². The minimum absolute atomic E-state index is 0.139. The van der Waals surface area contributed by atoms with Crippen LogP contribution >= 0.6 is 0 Å². The van der Waals surface area contributed by atoms with Crippen molar-refractivity contribution in [1.29, 1.82) is 0 Å². The predicted molar refractivity (Wildman–Crippen MR) is 119 cm³/mol. The molecule has 0 saturated carbocycles. The molecule has 0 unspecified atom stereocenters. The second kappa shape index (κ2) is 8.82. The highest BCUT2D eigenvalue weighted by molar-refractivity contribution is 5.96. The van der Waals surface area contributed by atoms with Crippen molar-refractivity contribution in [2.45, 2.75) is 32.3 Å². The van der Waals surface area contributed by atoms with Gasteiger partial charge in [0, 0.05) is 16.7 Å². The summed E-state index contributed by atoms with van der Waals surface area (Å²) in [5.74, 6) is -0.173. The van der Waals surface area contributed by atoms with Gasteiger partial charge in [-0.25, -0.2) is 0 Å². The highest BCUT2D eigenvalue weighted by Gasteiger charge is 2.23. The van der Waals surface area contributed by atoms with Gasteiger partial charge in [-0.3, -0.25) is 9.59 Å². The number of benzene rings is 3. The van der Waals surface area contributed by atoms with Crippen molar-refractivity contribution in [3.63, 3.8) is 0 Å². The molecule has 0 spiro atoms. The molecule has 0 saturated heterocycles. The van der Waals surface area contributed by atoms with Crippen LogP contribution in [0.3, 0.4) is 0 Å². The number of hydrogen-bond acceptors (Lipinski definition) is 3. The van der Waals surface area contributed by atoms with Gasteiger partial charge in [-0.15, -0.1) is 0 Å². The molecular weight excluding hydrogens is 376 g/mol. The van der Waals surface area contributed by atoms with E-state index in [0.29, 0.717) is 17.0 Å². The van der Waals surface area contributed by atoms with Crippen molar-refractivity contribution in [3.8, 4) is 5.75 Å². The van der Waals surface area contributed by atoms with Crippen molar-refractivity contribution < 1.29 is 14.3 Å². The van der Waals surface area contributed by atoms with E-state index in [0.717, 1.165) is 5.56 Å². The zero-order valence-corrected chi connectivity index (χ0v) is 17.4. The maximum absolute atomic E-state index is 12.4. The monoisotopic (exact) mass is 402 g/mol. The lowest BCUT2D eigenvalue weighted by molar-refractivity contribution is -0.122. The number of nitrogens with one attached hydrogen (secondary N) is 1. The molecular formula is C25H26N2O3. The lowest BCUT2D eigenvalue weighted by atomic mass is 9.78. The standard InChI is InChI=1S/C25H26N2O3/c1-17(24(29)27-21-13-9-18(10-14-21)23(26)28)30-22-15-11-20(12-16-22)25(2,3)19-7-5-4-6-8-19/h4-17H,1-3H3,(H2,26,28)(H,27,29)/t17-/m0/s1. The van der Waals surface area contributed by atoms with E-state index in [1.54, 1.807) is 31.2 Å². The van der Waals surface area contributed by atoms with Gasteiger partial charge in [0.2, 0.25) is 5.91 Å². The van der Waals surface area contributed by atoms with E-state index < -0.39 is 12.0 Å². The first-order valence-electron chi connectivity index (χ1n) is 9.81. The molecule has 30 heavy (non-hydrogen) atoms. The Hall–Kier alpha value is -3.60. The third-order valence-corrected chi connectivity index (χ3v) is 5.19. The Kier molecular flexibility index (Phi) is 6.21. The summed E-state index contributed by atoms with van der Waals surface area (Å²) < 4.78 is 5.80. The molecule has 0 radical (unpaired) electrons. The number of ether oxygens (including phenoxy) is 1. The molecule has 0 bridgehead atoms. The van der Waals surface area contributed by atoms with Gasteiger partial charge in [0.1, 0.15) is 5.75 Å². The highest BCUT2D eigenvalue weighted by Crippen LogP contribution is 2.32. The normalized spacial score (nSPS) is 12.1. The van der Waals surface area contributed by atoms with E-state index in [9.17, 15) is 9.59 Å². The molecule has 3 N–H and O–H groups in total. The average Bonchev–Trinajstić information content (AvgIpc) is 2.75. The molecule has 2 amide bonds. The quantitative estimate of drug-likeness (QED) is 0.610. The van der Waals surface area contributed by atoms with Crippen LogP contribution in [0.25, 0.3) is 0 Å². The first kappa shape index (κ1) is 21.1. The first-order chi connectivity index (χ1) is 14.3. The molecule has 0 aliphatic rings. The molecule has 5 heteroatoms. The van der Waals surface area contributed by atoms with Gasteiger partial charge in [-0.1, -0.05) is 56.3 Å². The van der Waals surface area contributed by atoms with Gasteiger partial charge < -0.3 is 15.8 Å². The number of hydrogen-bond donors (Lipinski definition) is 2. The summed E-state index contributed by atoms with van der Waals surface area (Å²) in [7, 11) is 0. The molecule has 0 aliphatic carbocycles. The largest absolute Gasteiger partial charge is 0.481 e. The van der Waals surface area contributed by atoms with Gasteiger partial charge >= 0.3 is 0 Å². The van der Waals surface area contributed by atoms with Gasteiger partial charge in [-0.05, 0) is 54.4 Å². The Labute approximate surface area is 176 Å². The molecule has 3 aromatic rings. The van der Waals surface area contributed by atoms with Crippen molar-refractivity contribution in [2.75, 3.05) is 5.32 Å². The number of amides is 2. The van der Waals surface area contributed by atoms with Crippen molar-refractivity contribution in [2.24, 2.45) is 5.73 Å². The number of nitrogens with two attached hydrogens (primary N) is 1. The van der Waals surface area contributed by atoms with E-state index in [4.69, 9.17) is 10.5 Å². The van der Waals surface area contributed by atoms with E-state index in [2.05, 4.69) is 31.3 Å². The minimum Gasteiger partial charge on any atom is -0.481 e. The lowest BCUT2D eigenvalue weighted by Gasteiger charge is -2.26. The summed E-state index contributed by atoms with van der Waals surface area (Å²) in [5, 5.41) is 2.77. The molecule has 3 aromatic carbocycles. The predicted octanol–water partition coefficient (Wildman–Crippen LogP) is 4.52. The van der Waals surface area contributed by atoms with Gasteiger partial charge in [0.05, 0.1) is 0 Å². The summed E-state index contributed by atoms with van der Waals surface area (Å²) in [6.45, 7) is 6.05. The van der Waals surface area contributed by atoms with Gasteiger partial charge in [0.15, 0.2) is 6.10 Å². The molecule has 3 rings (SSSR count). The van der Waals surface area contributed by atoms with Gasteiger partial charge in [0.25, 0.3) is 5.91 Å². The van der Waals surface area contributed by atoms with E-state index in [1.807, 2.05) is 42.5 Å². The fourth-order valence-electron chi connectivity index (χ4n) is 3.19. The van der Waals surface area contributed by atoms with Crippen LogP contribution in [0.1, 0.15) is 42.3 Å². The van der Waals surface area contributed by atoms with Crippen molar-refractivity contribution in [3.05, 3.63) is 95.6 Å². The zero-order chi connectivity index (χ0) is 21.7. The number of carbonyl (C=O) groups excluding carboxylic acids is 2. The maximum Gasteiger partial charge on any atom is 0.265 e. The van der Waals surface area contributed by atoms with Crippen LogP contribution in [0.2, 0.25) is 0 Å².